The molecule has 1 heterocycles. The van der Waals surface area contributed by atoms with E-state index in [0.29, 0.717) is 11.3 Å². The number of benzene rings is 1. The Bertz CT molecular complexity index is 546. The molecule has 1 aromatic heterocycles. The Morgan fingerprint density at radius 1 is 1.28 bits per heavy atom. The molecule has 2 rings (SSSR count). The zero-order valence-electron chi connectivity index (χ0n) is 10.5. The van der Waals surface area contributed by atoms with Crippen molar-refractivity contribution in [1.29, 1.82) is 0 Å². The van der Waals surface area contributed by atoms with E-state index in [1.807, 2.05) is 19.0 Å². The van der Waals surface area contributed by atoms with E-state index >= 15 is 0 Å². The molecule has 0 aliphatic carbocycles. The Morgan fingerprint density at radius 3 is 2.44 bits per heavy atom. The first-order valence-electron chi connectivity index (χ1n) is 5.43. The van der Waals surface area contributed by atoms with Gasteiger partial charge in [-0.25, -0.2) is 4.98 Å². The van der Waals surface area contributed by atoms with Crippen molar-refractivity contribution in [2.45, 2.75) is 0 Å². The molecule has 0 unspecified atom stereocenters. The van der Waals surface area contributed by atoms with Crippen LogP contribution in [0.2, 0.25) is 0 Å². The molecule has 5 heteroatoms. The molecule has 0 aliphatic heterocycles. The largest absolute Gasteiger partial charge is 0.497 e. The third kappa shape index (κ3) is 2.51. The van der Waals surface area contributed by atoms with Gasteiger partial charge in [-0.3, -0.25) is 4.79 Å². The van der Waals surface area contributed by atoms with Gasteiger partial charge >= 0.3 is 0 Å². The summed E-state index contributed by atoms with van der Waals surface area (Å²) in [5, 5.41) is 2.61. The molecule has 0 atom stereocenters. The second-order valence-electron chi connectivity index (χ2n) is 3.97. The lowest BCUT2D eigenvalue weighted by Crippen LogP contribution is -2.09. The molecule has 0 saturated carbocycles. The van der Waals surface area contributed by atoms with Crippen molar-refractivity contribution in [1.82, 2.24) is 4.98 Å². The molecule has 4 nitrogen and oxygen atoms in total. The van der Waals surface area contributed by atoms with Crippen molar-refractivity contribution in [3.63, 3.8) is 0 Å². The van der Waals surface area contributed by atoms with Crippen LogP contribution >= 0.6 is 11.3 Å². The van der Waals surface area contributed by atoms with E-state index in [2.05, 4.69) is 4.98 Å². The van der Waals surface area contributed by atoms with Crippen molar-refractivity contribution >= 4 is 22.3 Å². The standard InChI is InChI=1S/C13H14N2O2S/c1-15(2)13-14-11(8-18-13)12(16)9-4-6-10(17-3)7-5-9/h4-8H,1-3H3. The van der Waals surface area contributed by atoms with Gasteiger partial charge in [0.05, 0.1) is 7.11 Å². The number of carbonyl (C=O) groups excluding carboxylic acids is 1. The van der Waals surface area contributed by atoms with Gasteiger partial charge in [0, 0.05) is 25.0 Å². The third-order valence-electron chi connectivity index (χ3n) is 2.46. The Labute approximate surface area is 110 Å². The minimum atomic E-state index is -0.0676. The van der Waals surface area contributed by atoms with Crippen LogP contribution in [0.1, 0.15) is 16.1 Å². The van der Waals surface area contributed by atoms with Gasteiger partial charge in [0.25, 0.3) is 0 Å². The zero-order chi connectivity index (χ0) is 13.1. The summed E-state index contributed by atoms with van der Waals surface area (Å²) in [6.07, 6.45) is 0. The zero-order valence-corrected chi connectivity index (χ0v) is 11.3. The van der Waals surface area contributed by atoms with Crippen molar-refractivity contribution in [2.24, 2.45) is 0 Å². The predicted octanol–water partition coefficient (Wildman–Crippen LogP) is 2.45. The van der Waals surface area contributed by atoms with E-state index < -0.39 is 0 Å². The SMILES string of the molecule is COc1ccc(C(=O)c2csc(N(C)C)n2)cc1. The molecule has 0 aliphatic rings. The number of ketones is 1. The van der Waals surface area contributed by atoms with Gasteiger partial charge in [-0.1, -0.05) is 0 Å². The summed E-state index contributed by atoms with van der Waals surface area (Å²) < 4.78 is 5.06. The summed E-state index contributed by atoms with van der Waals surface area (Å²) in [6, 6.07) is 7.03. The van der Waals surface area contributed by atoms with Crippen LogP contribution in [0.5, 0.6) is 5.75 Å². The molecule has 2 aromatic rings. The van der Waals surface area contributed by atoms with E-state index in [0.717, 1.165) is 10.9 Å². The quantitative estimate of drug-likeness (QED) is 0.794. The van der Waals surface area contributed by atoms with Crippen LogP contribution in [0.15, 0.2) is 29.6 Å². The minimum absolute atomic E-state index is 0.0676. The predicted molar refractivity (Wildman–Crippen MR) is 72.9 cm³/mol. The smallest absolute Gasteiger partial charge is 0.212 e. The highest BCUT2D eigenvalue weighted by Crippen LogP contribution is 2.21. The van der Waals surface area contributed by atoms with Gasteiger partial charge in [0.1, 0.15) is 11.4 Å². The third-order valence-corrected chi connectivity index (χ3v) is 3.47. The van der Waals surface area contributed by atoms with Crippen LogP contribution in [-0.4, -0.2) is 32.0 Å². The topological polar surface area (TPSA) is 42.4 Å². The molecular formula is C13H14N2O2S. The number of carbonyl (C=O) groups is 1. The lowest BCUT2D eigenvalue weighted by Gasteiger charge is -2.05. The Hall–Kier alpha value is -1.88. The highest BCUT2D eigenvalue weighted by molar-refractivity contribution is 7.13. The summed E-state index contributed by atoms with van der Waals surface area (Å²) in [5.74, 6) is 0.667. The number of anilines is 1. The molecule has 94 valence electrons. The average molecular weight is 262 g/mol. The lowest BCUT2D eigenvalue weighted by atomic mass is 10.1. The fourth-order valence-corrected chi connectivity index (χ4v) is 2.20. The summed E-state index contributed by atoms with van der Waals surface area (Å²) >= 11 is 1.46. The van der Waals surface area contributed by atoms with Crippen LogP contribution in [0, 0.1) is 0 Å². The Balaban J connectivity index is 2.23. The Morgan fingerprint density at radius 2 is 1.94 bits per heavy atom. The second kappa shape index (κ2) is 5.18. The van der Waals surface area contributed by atoms with Gasteiger partial charge in [-0.05, 0) is 24.3 Å². The molecule has 0 N–H and O–H groups in total. The van der Waals surface area contributed by atoms with Crippen LogP contribution in [-0.2, 0) is 0 Å². The van der Waals surface area contributed by atoms with E-state index in [9.17, 15) is 4.79 Å². The summed E-state index contributed by atoms with van der Waals surface area (Å²) in [6.45, 7) is 0. The highest BCUT2D eigenvalue weighted by Gasteiger charge is 2.13. The lowest BCUT2D eigenvalue weighted by molar-refractivity contribution is 0.103. The number of ether oxygens (including phenoxy) is 1. The molecule has 0 amide bonds. The van der Waals surface area contributed by atoms with Crippen molar-refractivity contribution < 1.29 is 9.53 Å². The van der Waals surface area contributed by atoms with E-state index in [4.69, 9.17) is 4.74 Å². The number of aromatic nitrogens is 1. The molecule has 0 spiro atoms. The maximum Gasteiger partial charge on any atom is 0.212 e. The first-order chi connectivity index (χ1) is 8.61. The highest BCUT2D eigenvalue weighted by atomic mass is 32.1. The average Bonchev–Trinajstić information content (AvgIpc) is 2.88. The first kappa shape index (κ1) is 12.6. The fourth-order valence-electron chi connectivity index (χ4n) is 1.46. The van der Waals surface area contributed by atoms with Gasteiger partial charge in [0.2, 0.25) is 5.78 Å². The summed E-state index contributed by atoms with van der Waals surface area (Å²) in [5.41, 5.74) is 1.10. The molecule has 1 aromatic carbocycles. The Kier molecular flexibility index (Phi) is 3.62. The molecule has 18 heavy (non-hydrogen) atoms. The fraction of sp³-hybridized carbons (Fsp3) is 0.231. The van der Waals surface area contributed by atoms with Crippen molar-refractivity contribution in [2.75, 3.05) is 26.1 Å². The normalized spacial score (nSPS) is 10.2. The second-order valence-corrected chi connectivity index (χ2v) is 4.80. The maximum absolute atomic E-state index is 12.2. The number of methoxy groups -OCH3 is 1. The molecule has 0 bridgehead atoms. The number of thiazole rings is 1. The monoisotopic (exact) mass is 262 g/mol. The molecule has 0 fully saturated rings. The maximum atomic E-state index is 12.2. The van der Waals surface area contributed by atoms with Crippen LogP contribution in [0.4, 0.5) is 5.13 Å². The number of nitrogens with zero attached hydrogens (tertiary/aromatic N) is 2. The van der Waals surface area contributed by atoms with Crippen LogP contribution < -0.4 is 9.64 Å². The number of hydrogen-bond acceptors (Lipinski definition) is 5. The van der Waals surface area contributed by atoms with Gasteiger partial charge in [-0.2, -0.15) is 0 Å². The first-order valence-corrected chi connectivity index (χ1v) is 6.31. The number of rotatable bonds is 4. The van der Waals surface area contributed by atoms with Crippen molar-refractivity contribution in [3.05, 3.63) is 40.9 Å². The van der Waals surface area contributed by atoms with Crippen LogP contribution in [0.3, 0.4) is 0 Å². The molecule has 0 radical (unpaired) electrons. The van der Waals surface area contributed by atoms with Gasteiger partial charge < -0.3 is 9.64 Å². The number of hydrogen-bond donors (Lipinski definition) is 0. The summed E-state index contributed by atoms with van der Waals surface area (Å²) in [7, 11) is 5.40. The van der Waals surface area contributed by atoms with E-state index in [1.165, 1.54) is 11.3 Å². The van der Waals surface area contributed by atoms with Gasteiger partial charge in [0.15, 0.2) is 5.13 Å². The van der Waals surface area contributed by atoms with E-state index in [-0.39, 0.29) is 5.78 Å². The van der Waals surface area contributed by atoms with Crippen LogP contribution in [0.25, 0.3) is 0 Å². The molecular weight excluding hydrogens is 248 g/mol. The molecule has 0 saturated heterocycles. The van der Waals surface area contributed by atoms with Gasteiger partial charge in [-0.15, -0.1) is 11.3 Å². The van der Waals surface area contributed by atoms with E-state index in [1.54, 1.807) is 36.8 Å². The summed E-state index contributed by atoms with van der Waals surface area (Å²) in [4.78, 5) is 18.3. The van der Waals surface area contributed by atoms with Crippen molar-refractivity contribution in [3.8, 4) is 5.75 Å². The minimum Gasteiger partial charge on any atom is -0.497 e.